The van der Waals surface area contributed by atoms with Crippen LogP contribution in [0.2, 0.25) is 0 Å². The van der Waals surface area contributed by atoms with Crippen molar-refractivity contribution >= 4 is 23.5 Å². The van der Waals surface area contributed by atoms with Crippen LogP contribution < -0.4 is 15.5 Å². The second-order valence-electron chi connectivity index (χ2n) is 10.0. The Bertz CT molecular complexity index is 1070. The van der Waals surface area contributed by atoms with Crippen LogP contribution in [0.1, 0.15) is 41.3 Å². The van der Waals surface area contributed by atoms with Gasteiger partial charge in [0, 0.05) is 71.9 Å². The van der Waals surface area contributed by atoms with Crippen molar-refractivity contribution < 1.29 is 14.7 Å². The van der Waals surface area contributed by atoms with Gasteiger partial charge in [0.05, 0.1) is 6.10 Å². The number of nitrogens with one attached hydrogen (secondary N) is 2. The van der Waals surface area contributed by atoms with Gasteiger partial charge in [-0.2, -0.15) is 0 Å². The van der Waals surface area contributed by atoms with Crippen molar-refractivity contribution in [1.82, 2.24) is 20.1 Å². The fraction of sp³-hybridized carbons (Fsp3) is 0.519. The Morgan fingerprint density at radius 3 is 2.56 bits per heavy atom. The van der Waals surface area contributed by atoms with Crippen LogP contribution in [0.3, 0.4) is 0 Å². The van der Waals surface area contributed by atoms with E-state index >= 15 is 0 Å². The van der Waals surface area contributed by atoms with Crippen LogP contribution in [0.4, 0.5) is 11.6 Å². The second-order valence-corrected chi connectivity index (χ2v) is 10.0. The SMILES string of the molecule is CC(=O)N1CCC(Nc2cc(C(=O)NCC(O)CN3CCc4ccccc4C3)cc(N(C)C)n2)CC1. The lowest BCUT2D eigenvalue weighted by Crippen LogP contribution is -2.42. The zero-order valence-electron chi connectivity index (χ0n) is 21.5. The van der Waals surface area contributed by atoms with E-state index in [9.17, 15) is 14.7 Å². The zero-order valence-corrected chi connectivity index (χ0v) is 21.5. The first-order valence-electron chi connectivity index (χ1n) is 12.8. The Morgan fingerprint density at radius 2 is 1.86 bits per heavy atom. The molecule has 2 aliphatic heterocycles. The highest BCUT2D eigenvalue weighted by molar-refractivity contribution is 5.95. The molecule has 2 amide bonds. The molecule has 0 bridgehead atoms. The summed E-state index contributed by atoms with van der Waals surface area (Å²) in [4.78, 5) is 35.2. The summed E-state index contributed by atoms with van der Waals surface area (Å²) in [6.45, 7) is 5.45. The maximum absolute atomic E-state index is 13.0. The number of aromatic nitrogens is 1. The molecule has 1 saturated heterocycles. The average molecular weight is 495 g/mol. The van der Waals surface area contributed by atoms with Crippen molar-refractivity contribution in [3.05, 3.63) is 53.1 Å². The first kappa shape index (κ1) is 25.9. The van der Waals surface area contributed by atoms with Gasteiger partial charge in [0.15, 0.2) is 0 Å². The summed E-state index contributed by atoms with van der Waals surface area (Å²) in [5, 5.41) is 16.9. The molecule has 9 heteroatoms. The fourth-order valence-corrected chi connectivity index (χ4v) is 4.88. The van der Waals surface area contributed by atoms with Crippen molar-refractivity contribution in [1.29, 1.82) is 0 Å². The summed E-state index contributed by atoms with van der Waals surface area (Å²) in [5.74, 6) is 1.18. The summed E-state index contributed by atoms with van der Waals surface area (Å²) in [7, 11) is 3.78. The van der Waals surface area contributed by atoms with Crippen molar-refractivity contribution in [3.8, 4) is 0 Å². The smallest absolute Gasteiger partial charge is 0.251 e. The third kappa shape index (κ3) is 6.73. The summed E-state index contributed by atoms with van der Waals surface area (Å²) < 4.78 is 0. The van der Waals surface area contributed by atoms with E-state index in [4.69, 9.17) is 0 Å². The third-order valence-corrected chi connectivity index (χ3v) is 7.00. The third-order valence-electron chi connectivity index (χ3n) is 7.00. The molecule has 9 nitrogen and oxygen atoms in total. The van der Waals surface area contributed by atoms with Gasteiger partial charge in [0.1, 0.15) is 11.6 Å². The van der Waals surface area contributed by atoms with E-state index in [0.29, 0.717) is 36.8 Å². The molecule has 1 fully saturated rings. The lowest BCUT2D eigenvalue weighted by molar-refractivity contribution is -0.129. The Balaban J connectivity index is 1.32. The summed E-state index contributed by atoms with van der Waals surface area (Å²) in [6.07, 6.45) is 1.99. The number of carbonyl (C=O) groups is 2. The Kier molecular flexibility index (Phi) is 8.43. The van der Waals surface area contributed by atoms with E-state index in [0.717, 1.165) is 32.4 Å². The summed E-state index contributed by atoms with van der Waals surface area (Å²) in [6, 6.07) is 12.1. The van der Waals surface area contributed by atoms with Crippen LogP contribution in [0.5, 0.6) is 0 Å². The molecular formula is C27H38N6O3. The first-order chi connectivity index (χ1) is 17.3. The minimum Gasteiger partial charge on any atom is -0.390 e. The number of hydrogen-bond donors (Lipinski definition) is 3. The molecule has 3 heterocycles. The molecule has 0 saturated carbocycles. The molecule has 1 aromatic carbocycles. The summed E-state index contributed by atoms with van der Waals surface area (Å²) >= 11 is 0. The fourth-order valence-electron chi connectivity index (χ4n) is 4.88. The van der Waals surface area contributed by atoms with Crippen LogP contribution in [0.25, 0.3) is 0 Å². The van der Waals surface area contributed by atoms with Gasteiger partial charge >= 0.3 is 0 Å². The number of pyridine rings is 1. The monoisotopic (exact) mass is 494 g/mol. The molecule has 1 atom stereocenters. The van der Waals surface area contributed by atoms with Gasteiger partial charge in [-0.3, -0.25) is 14.5 Å². The van der Waals surface area contributed by atoms with Crippen molar-refractivity contribution in [2.24, 2.45) is 0 Å². The minimum absolute atomic E-state index is 0.104. The zero-order chi connectivity index (χ0) is 25.7. The molecule has 0 radical (unpaired) electrons. The number of hydrogen-bond acceptors (Lipinski definition) is 7. The van der Waals surface area contributed by atoms with E-state index in [1.165, 1.54) is 11.1 Å². The molecule has 2 aromatic rings. The van der Waals surface area contributed by atoms with Crippen LogP contribution >= 0.6 is 0 Å². The number of nitrogens with zero attached hydrogens (tertiary/aromatic N) is 4. The highest BCUT2D eigenvalue weighted by atomic mass is 16.3. The van der Waals surface area contributed by atoms with E-state index in [2.05, 4.69) is 38.7 Å². The number of anilines is 2. The second kappa shape index (κ2) is 11.7. The molecule has 2 aliphatic rings. The molecular weight excluding hydrogens is 456 g/mol. The normalized spacial score (nSPS) is 17.3. The molecule has 0 aliphatic carbocycles. The molecule has 0 spiro atoms. The van der Waals surface area contributed by atoms with Crippen LogP contribution in [-0.4, -0.2) is 90.7 Å². The minimum atomic E-state index is -0.654. The quantitative estimate of drug-likeness (QED) is 0.514. The molecule has 194 valence electrons. The lowest BCUT2D eigenvalue weighted by Gasteiger charge is -2.32. The topological polar surface area (TPSA) is 101 Å². The Morgan fingerprint density at radius 1 is 1.14 bits per heavy atom. The molecule has 3 N–H and O–H groups in total. The number of piperidine rings is 1. The lowest BCUT2D eigenvalue weighted by atomic mass is 10.00. The van der Waals surface area contributed by atoms with E-state index < -0.39 is 6.10 Å². The van der Waals surface area contributed by atoms with Crippen LogP contribution in [0, 0.1) is 0 Å². The number of β-amino-alcohol motifs (C(OH)–C–C–N with tert-alkyl or cyclic N) is 1. The van der Waals surface area contributed by atoms with Gasteiger partial charge in [-0.15, -0.1) is 0 Å². The van der Waals surface area contributed by atoms with Gasteiger partial charge in [0.2, 0.25) is 5.91 Å². The summed E-state index contributed by atoms with van der Waals surface area (Å²) in [5.41, 5.74) is 3.18. The maximum atomic E-state index is 13.0. The number of carbonyl (C=O) groups excluding carboxylic acids is 2. The van der Waals surface area contributed by atoms with Gasteiger partial charge < -0.3 is 25.5 Å². The number of amides is 2. The predicted octanol–water partition coefficient (Wildman–Crippen LogP) is 1.72. The highest BCUT2D eigenvalue weighted by Gasteiger charge is 2.22. The maximum Gasteiger partial charge on any atom is 0.251 e. The van der Waals surface area contributed by atoms with Crippen molar-refractivity contribution in [3.63, 3.8) is 0 Å². The number of likely N-dealkylation sites (tertiary alicyclic amines) is 1. The average Bonchev–Trinajstić information content (AvgIpc) is 2.87. The van der Waals surface area contributed by atoms with E-state index in [-0.39, 0.29) is 24.4 Å². The van der Waals surface area contributed by atoms with Crippen LogP contribution in [-0.2, 0) is 17.8 Å². The number of aliphatic hydroxyl groups is 1. The molecule has 36 heavy (non-hydrogen) atoms. The number of rotatable bonds is 8. The van der Waals surface area contributed by atoms with Crippen molar-refractivity contribution in [2.75, 3.05) is 57.0 Å². The van der Waals surface area contributed by atoms with Gasteiger partial charge in [-0.25, -0.2) is 4.98 Å². The molecule has 1 unspecified atom stereocenters. The van der Waals surface area contributed by atoms with Gasteiger partial charge in [-0.1, -0.05) is 24.3 Å². The van der Waals surface area contributed by atoms with E-state index in [1.54, 1.807) is 19.1 Å². The Labute approximate surface area is 213 Å². The van der Waals surface area contributed by atoms with Gasteiger partial charge in [-0.05, 0) is 42.5 Å². The van der Waals surface area contributed by atoms with Crippen LogP contribution in [0.15, 0.2) is 36.4 Å². The number of fused-ring (bicyclic) bond motifs is 1. The molecule has 4 rings (SSSR count). The Hall–Kier alpha value is -3.17. The van der Waals surface area contributed by atoms with Gasteiger partial charge in [0.25, 0.3) is 5.91 Å². The molecule has 1 aromatic heterocycles. The van der Waals surface area contributed by atoms with Crippen molar-refractivity contribution in [2.45, 2.75) is 44.9 Å². The first-order valence-corrected chi connectivity index (χ1v) is 12.8. The largest absolute Gasteiger partial charge is 0.390 e. The predicted molar refractivity (Wildman–Crippen MR) is 141 cm³/mol. The number of aliphatic hydroxyl groups excluding tert-OH is 1. The standard InChI is InChI=1S/C27H38N6O3/c1-19(34)33-12-9-23(10-13-33)29-25-14-22(15-26(30-25)31(2)3)27(36)28-16-24(35)18-32-11-8-20-6-4-5-7-21(20)17-32/h4-7,14-15,23-24,35H,8-13,16-18H2,1-3H3,(H,28,36)(H,29,30). The van der Waals surface area contributed by atoms with E-state index in [1.807, 2.05) is 30.0 Å². The highest BCUT2D eigenvalue weighted by Crippen LogP contribution is 2.21. The number of benzene rings is 1.